The normalized spacial score (nSPS) is 13.8. The highest BCUT2D eigenvalue weighted by molar-refractivity contribution is 7.13. The molecule has 166 valence electrons. The minimum absolute atomic E-state index is 0.0172. The molecule has 0 spiro atoms. The first-order valence-corrected chi connectivity index (χ1v) is 11.0. The predicted molar refractivity (Wildman–Crippen MR) is 116 cm³/mol. The van der Waals surface area contributed by atoms with Crippen LogP contribution in [-0.2, 0) is 11.4 Å². The summed E-state index contributed by atoms with van der Waals surface area (Å²) >= 11 is 1.37. The molecule has 3 aromatic rings. The standard InChI is InChI=1S/C23H21F2N3O3S/c1-15(29)27-6-8-28(9-7-27)23(30)21-14-32-22(26-21)17-2-4-20(5-3-17)31-13-16-10-18(24)12-19(25)11-16/h2-5,10-12,14H,6-9,13H2,1H3. The Labute approximate surface area is 188 Å². The minimum Gasteiger partial charge on any atom is -0.489 e. The van der Waals surface area contributed by atoms with Gasteiger partial charge in [0, 0.05) is 50.1 Å². The van der Waals surface area contributed by atoms with Crippen LogP contribution in [0, 0.1) is 11.6 Å². The maximum atomic E-state index is 13.3. The molecule has 9 heteroatoms. The molecule has 1 aliphatic heterocycles. The molecule has 0 bridgehead atoms. The van der Waals surface area contributed by atoms with Gasteiger partial charge < -0.3 is 14.5 Å². The van der Waals surface area contributed by atoms with Crippen molar-refractivity contribution in [2.24, 2.45) is 0 Å². The number of aromatic nitrogens is 1. The Morgan fingerprint density at radius 3 is 2.25 bits per heavy atom. The monoisotopic (exact) mass is 457 g/mol. The Kier molecular flexibility index (Phi) is 6.45. The van der Waals surface area contributed by atoms with Gasteiger partial charge in [0.2, 0.25) is 5.91 Å². The molecule has 6 nitrogen and oxygen atoms in total. The quantitative estimate of drug-likeness (QED) is 0.582. The Morgan fingerprint density at radius 1 is 1.00 bits per heavy atom. The van der Waals surface area contributed by atoms with Crippen LogP contribution in [0.2, 0.25) is 0 Å². The lowest BCUT2D eigenvalue weighted by Crippen LogP contribution is -2.50. The van der Waals surface area contributed by atoms with E-state index in [0.717, 1.165) is 11.6 Å². The van der Waals surface area contributed by atoms with Crippen LogP contribution in [0.1, 0.15) is 23.0 Å². The van der Waals surface area contributed by atoms with Crippen molar-refractivity contribution in [2.75, 3.05) is 26.2 Å². The lowest BCUT2D eigenvalue weighted by molar-refractivity contribution is -0.130. The van der Waals surface area contributed by atoms with Gasteiger partial charge in [-0.15, -0.1) is 11.3 Å². The number of piperazine rings is 1. The number of nitrogens with zero attached hydrogens (tertiary/aromatic N) is 3. The second kappa shape index (κ2) is 9.44. The number of carbonyl (C=O) groups excluding carboxylic acids is 2. The van der Waals surface area contributed by atoms with Gasteiger partial charge in [-0.2, -0.15) is 0 Å². The molecule has 0 aliphatic carbocycles. The van der Waals surface area contributed by atoms with Crippen molar-refractivity contribution in [1.82, 2.24) is 14.8 Å². The maximum Gasteiger partial charge on any atom is 0.273 e. The van der Waals surface area contributed by atoms with Crippen LogP contribution in [0.15, 0.2) is 47.8 Å². The van der Waals surface area contributed by atoms with Crippen LogP contribution in [0.3, 0.4) is 0 Å². The summed E-state index contributed by atoms with van der Waals surface area (Å²) in [4.78, 5) is 32.1. The van der Waals surface area contributed by atoms with Crippen LogP contribution in [0.25, 0.3) is 10.6 Å². The number of halogens is 2. The summed E-state index contributed by atoms with van der Waals surface area (Å²) in [6, 6.07) is 10.4. The number of benzene rings is 2. The fraction of sp³-hybridized carbons (Fsp3) is 0.261. The van der Waals surface area contributed by atoms with Gasteiger partial charge >= 0.3 is 0 Å². The average molecular weight is 458 g/mol. The largest absolute Gasteiger partial charge is 0.489 e. The van der Waals surface area contributed by atoms with E-state index in [1.807, 2.05) is 12.1 Å². The zero-order valence-corrected chi connectivity index (χ0v) is 18.2. The van der Waals surface area contributed by atoms with Crippen molar-refractivity contribution in [3.8, 4) is 16.3 Å². The molecule has 1 fully saturated rings. The maximum absolute atomic E-state index is 13.3. The highest BCUT2D eigenvalue weighted by atomic mass is 32.1. The molecule has 4 rings (SSSR count). The molecular weight excluding hydrogens is 436 g/mol. The molecule has 0 unspecified atom stereocenters. The van der Waals surface area contributed by atoms with E-state index in [-0.39, 0.29) is 18.4 Å². The molecule has 0 N–H and O–H groups in total. The SMILES string of the molecule is CC(=O)N1CCN(C(=O)c2csc(-c3ccc(OCc4cc(F)cc(F)c4)cc3)n2)CC1. The van der Waals surface area contributed by atoms with Crippen molar-refractivity contribution in [3.63, 3.8) is 0 Å². The van der Waals surface area contributed by atoms with E-state index in [1.54, 1.807) is 27.3 Å². The van der Waals surface area contributed by atoms with Gasteiger partial charge in [0.15, 0.2) is 0 Å². The highest BCUT2D eigenvalue weighted by Crippen LogP contribution is 2.27. The summed E-state index contributed by atoms with van der Waals surface area (Å²) in [7, 11) is 0. The Bertz CT molecular complexity index is 1110. The average Bonchev–Trinajstić information content (AvgIpc) is 3.27. The van der Waals surface area contributed by atoms with E-state index in [1.165, 1.54) is 30.4 Å². The number of hydrogen-bond donors (Lipinski definition) is 0. The molecule has 0 saturated carbocycles. The Hall–Kier alpha value is -3.33. The number of ether oxygens (including phenoxy) is 1. The third-order valence-corrected chi connectivity index (χ3v) is 6.06. The van der Waals surface area contributed by atoms with Crippen LogP contribution in [0.5, 0.6) is 5.75 Å². The second-order valence-electron chi connectivity index (χ2n) is 7.43. The summed E-state index contributed by atoms with van der Waals surface area (Å²) in [6.07, 6.45) is 0. The van der Waals surface area contributed by atoms with Crippen molar-refractivity contribution in [3.05, 3.63) is 70.7 Å². The summed E-state index contributed by atoms with van der Waals surface area (Å²) < 4.78 is 32.2. The summed E-state index contributed by atoms with van der Waals surface area (Å²) in [5.74, 6) is -0.862. The zero-order chi connectivity index (χ0) is 22.7. The first-order chi connectivity index (χ1) is 15.4. The molecule has 1 saturated heterocycles. The third kappa shape index (κ3) is 5.11. The molecule has 2 aromatic carbocycles. The van der Waals surface area contributed by atoms with Gasteiger partial charge in [-0.05, 0) is 42.0 Å². The first kappa shape index (κ1) is 21.9. The number of amides is 2. The molecule has 2 amide bonds. The van der Waals surface area contributed by atoms with E-state index in [0.29, 0.717) is 48.2 Å². The molecule has 0 radical (unpaired) electrons. The smallest absolute Gasteiger partial charge is 0.273 e. The summed E-state index contributed by atoms with van der Waals surface area (Å²) in [6.45, 7) is 3.62. The molecule has 1 aromatic heterocycles. The Balaban J connectivity index is 1.36. The molecule has 1 aliphatic rings. The van der Waals surface area contributed by atoms with Gasteiger partial charge in [-0.25, -0.2) is 13.8 Å². The Morgan fingerprint density at radius 2 is 1.62 bits per heavy atom. The van der Waals surface area contributed by atoms with Gasteiger partial charge in [-0.1, -0.05) is 0 Å². The van der Waals surface area contributed by atoms with E-state index in [4.69, 9.17) is 4.74 Å². The number of carbonyl (C=O) groups is 2. The number of hydrogen-bond acceptors (Lipinski definition) is 5. The third-order valence-electron chi connectivity index (χ3n) is 5.16. The van der Waals surface area contributed by atoms with Crippen LogP contribution in [-0.4, -0.2) is 52.8 Å². The van der Waals surface area contributed by atoms with Crippen LogP contribution < -0.4 is 4.74 Å². The minimum atomic E-state index is -0.645. The van der Waals surface area contributed by atoms with Crippen LogP contribution >= 0.6 is 11.3 Å². The summed E-state index contributed by atoms with van der Waals surface area (Å²) in [5, 5.41) is 2.44. The highest BCUT2D eigenvalue weighted by Gasteiger charge is 2.24. The fourth-order valence-corrected chi connectivity index (χ4v) is 4.25. The van der Waals surface area contributed by atoms with Crippen LogP contribution in [0.4, 0.5) is 8.78 Å². The molecule has 0 atom stereocenters. The van der Waals surface area contributed by atoms with Crippen molar-refractivity contribution in [2.45, 2.75) is 13.5 Å². The fourth-order valence-electron chi connectivity index (χ4n) is 3.45. The second-order valence-corrected chi connectivity index (χ2v) is 8.29. The lowest BCUT2D eigenvalue weighted by Gasteiger charge is -2.33. The predicted octanol–water partition coefficient (Wildman–Crippen LogP) is 3.97. The number of rotatable bonds is 5. The van der Waals surface area contributed by atoms with Gasteiger partial charge in [-0.3, -0.25) is 9.59 Å². The van der Waals surface area contributed by atoms with Crippen molar-refractivity contribution < 1.29 is 23.1 Å². The van der Waals surface area contributed by atoms with E-state index in [9.17, 15) is 18.4 Å². The molecule has 32 heavy (non-hydrogen) atoms. The molecular formula is C23H21F2N3O3S. The lowest BCUT2D eigenvalue weighted by atomic mass is 10.2. The first-order valence-electron chi connectivity index (χ1n) is 10.1. The zero-order valence-electron chi connectivity index (χ0n) is 17.4. The topological polar surface area (TPSA) is 62.7 Å². The number of thiazole rings is 1. The van der Waals surface area contributed by atoms with Crippen molar-refractivity contribution in [1.29, 1.82) is 0 Å². The van der Waals surface area contributed by atoms with Crippen molar-refractivity contribution >= 4 is 23.2 Å². The van der Waals surface area contributed by atoms with E-state index >= 15 is 0 Å². The van der Waals surface area contributed by atoms with Gasteiger partial charge in [0.05, 0.1) is 0 Å². The van der Waals surface area contributed by atoms with Gasteiger partial charge in [0.1, 0.15) is 34.7 Å². The summed E-state index contributed by atoms with van der Waals surface area (Å²) in [5.41, 5.74) is 1.62. The molecule has 2 heterocycles. The van der Waals surface area contributed by atoms with E-state index < -0.39 is 11.6 Å². The van der Waals surface area contributed by atoms with Gasteiger partial charge in [0.25, 0.3) is 5.91 Å². The van der Waals surface area contributed by atoms with E-state index in [2.05, 4.69) is 4.98 Å².